The van der Waals surface area contributed by atoms with E-state index in [1.807, 2.05) is 0 Å². The maximum Gasteiger partial charge on any atom is 0.0778 e. The van der Waals surface area contributed by atoms with E-state index in [0.717, 1.165) is 19.7 Å². The van der Waals surface area contributed by atoms with Crippen LogP contribution in [0.4, 0.5) is 0 Å². The SMILES string of the molecule is CCCCCC1(C)CNCCO1. The van der Waals surface area contributed by atoms with Gasteiger partial charge in [0.1, 0.15) is 0 Å². The van der Waals surface area contributed by atoms with Gasteiger partial charge in [-0.15, -0.1) is 0 Å². The van der Waals surface area contributed by atoms with Gasteiger partial charge in [0.25, 0.3) is 0 Å². The smallest absolute Gasteiger partial charge is 0.0778 e. The molecule has 0 radical (unpaired) electrons. The summed E-state index contributed by atoms with van der Waals surface area (Å²) in [6.07, 6.45) is 5.13. The monoisotopic (exact) mass is 171 g/mol. The molecule has 0 spiro atoms. The van der Waals surface area contributed by atoms with Crippen LogP contribution < -0.4 is 5.32 Å². The molecule has 1 fully saturated rings. The lowest BCUT2D eigenvalue weighted by molar-refractivity contribution is -0.0588. The van der Waals surface area contributed by atoms with Crippen molar-refractivity contribution in [1.82, 2.24) is 5.32 Å². The molecule has 1 rings (SSSR count). The van der Waals surface area contributed by atoms with Crippen LogP contribution in [0, 0.1) is 0 Å². The molecule has 2 heteroatoms. The molecule has 1 heterocycles. The second-order valence-corrected chi connectivity index (χ2v) is 3.93. The van der Waals surface area contributed by atoms with Gasteiger partial charge in [-0.2, -0.15) is 0 Å². The summed E-state index contributed by atoms with van der Waals surface area (Å²) in [5.41, 5.74) is 0.118. The predicted molar refractivity (Wildman–Crippen MR) is 51.4 cm³/mol. The largest absolute Gasteiger partial charge is 0.373 e. The molecule has 0 aliphatic carbocycles. The summed E-state index contributed by atoms with van der Waals surface area (Å²) in [5, 5.41) is 3.38. The topological polar surface area (TPSA) is 21.3 Å². The van der Waals surface area contributed by atoms with Crippen LogP contribution in [0.25, 0.3) is 0 Å². The molecule has 0 aromatic rings. The van der Waals surface area contributed by atoms with Crippen LogP contribution in [0.1, 0.15) is 39.5 Å². The highest BCUT2D eigenvalue weighted by atomic mass is 16.5. The summed E-state index contributed by atoms with van der Waals surface area (Å²) >= 11 is 0. The van der Waals surface area contributed by atoms with E-state index in [1.165, 1.54) is 25.7 Å². The Morgan fingerprint density at radius 1 is 1.42 bits per heavy atom. The third-order valence-corrected chi connectivity index (χ3v) is 2.54. The van der Waals surface area contributed by atoms with E-state index in [4.69, 9.17) is 4.74 Å². The number of rotatable bonds is 4. The van der Waals surface area contributed by atoms with Gasteiger partial charge in [0.2, 0.25) is 0 Å². The van der Waals surface area contributed by atoms with E-state index in [1.54, 1.807) is 0 Å². The second-order valence-electron chi connectivity index (χ2n) is 3.93. The number of morpholine rings is 1. The Kier molecular flexibility index (Phi) is 4.02. The summed E-state index contributed by atoms with van der Waals surface area (Å²) in [4.78, 5) is 0. The number of ether oxygens (including phenoxy) is 1. The van der Waals surface area contributed by atoms with Gasteiger partial charge in [-0.1, -0.05) is 26.2 Å². The van der Waals surface area contributed by atoms with Gasteiger partial charge in [-0.25, -0.2) is 0 Å². The number of unbranched alkanes of at least 4 members (excludes halogenated alkanes) is 2. The van der Waals surface area contributed by atoms with Gasteiger partial charge in [0.15, 0.2) is 0 Å². The van der Waals surface area contributed by atoms with Gasteiger partial charge >= 0.3 is 0 Å². The normalized spacial score (nSPS) is 30.5. The molecule has 0 aromatic carbocycles. The van der Waals surface area contributed by atoms with Crippen molar-refractivity contribution in [3.63, 3.8) is 0 Å². The van der Waals surface area contributed by atoms with E-state index in [2.05, 4.69) is 19.2 Å². The Balaban J connectivity index is 2.17. The minimum Gasteiger partial charge on any atom is -0.373 e. The third-order valence-electron chi connectivity index (χ3n) is 2.54. The van der Waals surface area contributed by atoms with Crippen molar-refractivity contribution >= 4 is 0 Å². The highest BCUT2D eigenvalue weighted by molar-refractivity contribution is 4.81. The Hall–Kier alpha value is -0.0800. The molecular weight excluding hydrogens is 150 g/mol. The van der Waals surface area contributed by atoms with E-state index in [0.29, 0.717) is 0 Å². The van der Waals surface area contributed by atoms with Crippen LogP contribution in [0.5, 0.6) is 0 Å². The number of nitrogens with one attached hydrogen (secondary N) is 1. The van der Waals surface area contributed by atoms with Crippen molar-refractivity contribution in [3.05, 3.63) is 0 Å². The van der Waals surface area contributed by atoms with Crippen LogP contribution in [0.3, 0.4) is 0 Å². The van der Waals surface area contributed by atoms with Gasteiger partial charge in [0, 0.05) is 13.1 Å². The molecule has 1 aliphatic heterocycles. The molecule has 2 nitrogen and oxygen atoms in total. The fraction of sp³-hybridized carbons (Fsp3) is 1.00. The lowest BCUT2D eigenvalue weighted by Gasteiger charge is -2.34. The van der Waals surface area contributed by atoms with Crippen LogP contribution in [0.15, 0.2) is 0 Å². The van der Waals surface area contributed by atoms with Crippen molar-refractivity contribution in [2.24, 2.45) is 0 Å². The fourth-order valence-corrected chi connectivity index (χ4v) is 1.68. The Morgan fingerprint density at radius 3 is 2.83 bits per heavy atom. The van der Waals surface area contributed by atoms with Crippen molar-refractivity contribution < 1.29 is 4.74 Å². The summed E-state index contributed by atoms with van der Waals surface area (Å²) in [6, 6.07) is 0. The van der Waals surface area contributed by atoms with Crippen molar-refractivity contribution in [3.8, 4) is 0 Å². The van der Waals surface area contributed by atoms with Crippen LogP contribution >= 0.6 is 0 Å². The molecule has 0 saturated carbocycles. The Labute approximate surface area is 75.7 Å². The van der Waals surface area contributed by atoms with Gasteiger partial charge < -0.3 is 10.1 Å². The molecule has 72 valence electrons. The average molecular weight is 171 g/mol. The fourth-order valence-electron chi connectivity index (χ4n) is 1.68. The molecule has 1 atom stereocenters. The Morgan fingerprint density at radius 2 is 2.25 bits per heavy atom. The molecular formula is C10H21NO. The quantitative estimate of drug-likeness (QED) is 0.653. The first kappa shape index (κ1) is 10.0. The minimum absolute atomic E-state index is 0.118. The summed E-state index contributed by atoms with van der Waals surface area (Å²) in [5.74, 6) is 0. The van der Waals surface area contributed by atoms with Gasteiger partial charge in [-0.3, -0.25) is 0 Å². The maximum absolute atomic E-state index is 5.75. The average Bonchev–Trinajstić information content (AvgIpc) is 2.06. The minimum atomic E-state index is 0.118. The standard InChI is InChI=1S/C10H21NO/c1-3-4-5-6-10(2)9-11-7-8-12-10/h11H,3-9H2,1-2H3. The molecule has 1 saturated heterocycles. The molecule has 0 amide bonds. The Bertz CT molecular complexity index is 119. The van der Waals surface area contributed by atoms with Crippen LogP contribution in [-0.2, 0) is 4.74 Å². The predicted octanol–water partition coefficient (Wildman–Crippen LogP) is 1.95. The second kappa shape index (κ2) is 4.83. The number of hydrogen-bond acceptors (Lipinski definition) is 2. The first-order valence-electron chi connectivity index (χ1n) is 5.11. The zero-order chi connectivity index (χ0) is 8.86. The maximum atomic E-state index is 5.75. The number of hydrogen-bond donors (Lipinski definition) is 1. The van der Waals surface area contributed by atoms with Crippen molar-refractivity contribution in [2.45, 2.75) is 45.1 Å². The van der Waals surface area contributed by atoms with E-state index < -0.39 is 0 Å². The van der Waals surface area contributed by atoms with Crippen molar-refractivity contribution in [2.75, 3.05) is 19.7 Å². The van der Waals surface area contributed by atoms with Crippen LogP contribution in [-0.4, -0.2) is 25.3 Å². The first-order valence-corrected chi connectivity index (χ1v) is 5.11. The van der Waals surface area contributed by atoms with E-state index >= 15 is 0 Å². The lowest BCUT2D eigenvalue weighted by Crippen LogP contribution is -2.47. The molecule has 1 unspecified atom stereocenters. The first-order chi connectivity index (χ1) is 5.77. The van der Waals surface area contributed by atoms with E-state index in [9.17, 15) is 0 Å². The molecule has 12 heavy (non-hydrogen) atoms. The van der Waals surface area contributed by atoms with Gasteiger partial charge in [-0.05, 0) is 13.3 Å². The highest BCUT2D eigenvalue weighted by Crippen LogP contribution is 2.20. The van der Waals surface area contributed by atoms with Gasteiger partial charge in [0.05, 0.1) is 12.2 Å². The summed E-state index contributed by atoms with van der Waals surface area (Å²) < 4.78 is 5.75. The highest BCUT2D eigenvalue weighted by Gasteiger charge is 2.26. The summed E-state index contributed by atoms with van der Waals surface area (Å²) in [7, 11) is 0. The molecule has 1 aliphatic rings. The van der Waals surface area contributed by atoms with E-state index in [-0.39, 0.29) is 5.60 Å². The van der Waals surface area contributed by atoms with Crippen LogP contribution in [0.2, 0.25) is 0 Å². The molecule has 0 aromatic heterocycles. The molecule has 0 bridgehead atoms. The third kappa shape index (κ3) is 3.11. The zero-order valence-electron chi connectivity index (χ0n) is 8.36. The lowest BCUT2D eigenvalue weighted by atomic mass is 9.97. The van der Waals surface area contributed by atoms with Crippen molar-refractivity contribution in [1.29, 1.82) is 0 Å². The molecule has 1 N–H and O–H groups in total. The summed E-state index contributed by atoms with van der Waals surface area (Å²) in [6.45, 7) is 7.37. The zero-order valence-corrected chi connectivity index (χ0v) is 8.36.